The van der Waals surface area contributed by atoms with Crippen molar-refractivity contribution in [3.05, 3.63) is 11.8 Å². The van der Waals surface area contributed by atoms with Gasteiger partial charge in [-0.3, -0.25) is 9.69 Å². The van der Waals surface area contributed by atoms with Gasteiger partial charge in [-0.05, 0) is 24.0 Å². The third-order valence-electron chi connectivity index (χ3n) is 3.90. The second kappa shape index (κ2) is 9.10. The molecule has 1 aromatic rings. The molecule has 0 saturated carbocycles. The number of nitrogens with zero attached hydrogens (tertiary/aromatic N) is 2. The molecule has 2 heterocycles. The van der Waals surface area contributed by atoms with Crippen LogP contribution in [0.4, 0.5) is 0 Å². The lowest BCUT2D eigenvalue weighted by Gasteiger charge is -2.14. The van der Waals surface area contributed by atoms with E-state index >= 15 is 0 Å². The van der Waals surface area contributed by atoms with Gasteiger partial charge in [-0.25, -0.2) is 0 Å². The molecule has 8 heteroatoms. The molecular formula is C15H26ClN3O4. The summed E-state index contributed by atoms with van der Waals surface area (Å²) in [5, 5.41) is 3.87. The van der Waals surface area contributed by atoms with Gasteiger partial charge in [0.1, 0.15) is 12.5 Å². The molecule has 0 bridgehead atoms. The van der Waals surface area contributed by atoms with E-state index in [0.717, 1.165) is 26.1 Å². The predicted molar refractivity (Wildman–Crippen MR) is 87.9 cm³/mol. The summed E-state index contributed by atoms with van der Waals surface area (Å²) < 4.78 is 15.6. The van der Waals surface area contributed by atoms with E-state index in [-0.39, 0.29) is 30.3 Å². The largest absolute Gasteiger partial charge is 0.474 e. The van der Waals surface area contributed by atoms with Gasteiger partial charge in [0.2, 0.25) is 0 Å². The zero-order valence-electron chi connectivity index (χ0n) is 13.9. The molecular weight excluding hydrogens is 322 g/mol. The molecule has 1 fully saturated rings. The fourth-order valence-corrected chi connectivity index (χ4v) is 2.68. The van der Waals surface area contributed by atoms with Crippen LogP contribution in [0.1, 0.15) is 31.9 Å². The number of esters is 1. The number of carbonyl (C=O) groups is 1. The average molecular weight is 348 g/mol. The molecule has 1 unspecified atom stereocenters. The maximum absolute atomic E-state index is 11.8. The van der Waals surface area contributed by atoms with Gasteiger partial charge in [0.15, 0.2) is 5.76 Å². The first-order chi connectivity index (χ1) is 10.5. The van der Waals surface area contributed by atoms with E-state index in [1.165, 1.54) is 7.11 Å². The van der Waals surface area contributed by atoms with Crippen LogP contribution in [-0.2, 0) is 9.53 Å². The fourth-order valence-electron chi connectivity index (χ4n) is 2.68. The topological polar surface area (TPSA) is 90.8 Å². The molecule has 1 aliphatic heterocycles. The van der Waals surface area contributed by atoms with Gasteiger partial charge in [-0.15, -0.1) is 12.4 Å². The van der Waals surface area contributed by atoms with Crippen LogP contribution in [0.3, 0.4) is 0 Å². The molecule has 0 aliphatic carbocycles. The van der Waals surface area contributed by atoms with Crippen molar-refractivity contribution in [2.24, 2.45) is 11.7 Å². The van der Waals surface area contributed by atoms with E-state index in [4.69, 9.17) is 19.7 Å². The van der Waals surface area contributed by atoms with Gasteiger partial charge in [0.25, 0.3) is 5.88 Å². The van der Waals surface area contributed by atoms with Crippen LogP contribution >= 0.6 is 12.4 Å². The summed E-state index contributed by atoms with van der Waals surface area (Å²) in [5.41, 5.74) is 5.86. The molecule has 1 aromatic heterocycles. The minimum absolute atomic E-state index is 0. The van der Waals surface area contributed by atoms with E-state index < -0.39 is 5.92 Å². The van der Waals surface area contributed by atoms with Crippen LogP contribution in [0, 0.1) is 5.92 Å². The number of likely N-dealkylation sites (tertiary alicyclic amines) is 1. The first-order valence-electron chi connectivity index (χ1n) is 7.66. The van der Waals surface area contributed by atoms with Gasteiger partial charge in [0.05, 0.1) is 7.11 Å². The molecule has 2 N–H and O–H groups in total. The number of nitrogens with two attached hydrogens (primary N) is 1. The van der Waals surface area contributed by atoms with Crippen molar-refractivity contribution in [3.63, 3.8) is 0 Å². The Bertz CT molecular complexity index is 495. The van der Waals surface area contributed by atoms with Crippen LogP contribution in [0.2, 0.25) is 0 Å². The molecule has 23 heavy (non-hydrogen) atoms. The van der Waals surface area contributed by atoms with Gasteiger partial charge in [-0.1, -0.05) is 13.8 Å². The highest BCUT2D eigenvalue weighted by Crippen LogP contribution is 2.28. The van der Waals surface area contributed by atoms with Crippen LogP contribution in [0.25, 0.3) is 0 Å². The number of hydrogen-bond acceptors (Lipinski definition) is 7. The van der Waals surface area contributed by atoms with Crippen LogP contribution < -0.4 is 10.5 Å². The summed E-state index contributed by atoms with van der Waals surface area (Å²) in [7, 11) is 1.37. The Morgan fingerprint density at radius 2 is 2.30 bits per heavy atom. The maximum Gasteiger partial charge on any atom is 0.316 e. The summed E-state index contributed by atoms with van der Waals surface area (Å²) in [6, 6.07) is 1.93. The smallest absolute Gasteiger partial charge is 0.316 e. The van der Waals surface area contributed by atoms with E-state index in [2.05, 4.69) is 10.1 Å². The minimum Gasteiger partial charge on any atom is -0.474 e. The molecule has 1 aliphatic rings. The summed E-state index contributed by atoms with van der Waals surface area (Å²) in [4.78, 5) is 14.1. The highest BCUT2D eigenvalue weighted by Gasteiger charge is 2.29. The molecule has 0 aromatic carbocycles. The second-order valence-corrected chi connectivity index (χ2v) is 6.01. The van der Waals surface area contributed by atoms with Gasteiger partial charge >= 0.3 is 5.97 Å². The number of carbonyl (C=O) groups excluding carboxylic acids is 1. The predicted octanol–water partition coefficient (Wildman–Crippen LogP) is 1.42. The van der Waals surface area contributed by atoms with E-state index in [1.807, 2.05) is 13.8 Å². The van der Waals surface area contributed by atoms with E-state index in [1.54, 1.807) is 6.07 Å². The Kier molecular flexibility index (Phi) is 7.81. The molecule has 132 valence electrons. The molecule has 0 radical (unpaired) electrons. The standard InChI is InChI=1S/C15H25N3O4.ClH/c1-10(2)14(15(19)20-3)12-8-13(17-22-12)21-7-6-18-5-4-11(16)9-18;/h8,10-11,14H,4-7,9,16H2,1-3H3;1H/t11-,14?;/m0./s1. The molecule has 1 saturated heterocycles. The number of methoxy groups -OCH3 is 1. The van der Waals surface area contributed by atoms with Crippen molar-refractivity contribution in [1.82, 2.24) is 10.1 Å². The van der Waals surface area contributed by atoms with Crippen molar-refractivity contribution >= 4 is 18.4 Å². The van der Waals surface area contributed by atoms with Crippen molar-refractivity contribution in [2.75, 3.05) is 33.4 Å². The van der Waals surface area contributed by atoms with Crippen molar-refractivity contribution in [3.8, 4) is 5.88 Å². The number of hydrogen-bond donors (Lipinski definition) is 1. The highest BCUT2D eigenvalue weighted by molar-refractivity contribution is 5.85. The molecule has 2 atom stereocenters. The summed E-state index contributed by atoms with van der Waals surface area (Å²) in [5.74, 6) is 0.127. The van der Waals surface area contributed by atoms with Crippen molar-refractivity contribution < 1.29 is 18.8 Å². The highest BCUT2D eigenvalue weighted by atomic mass is 35.5. The van der Waals surface area contributed by atoms with Crippen LogP contribution in [-0.4, -0.2) is 55.4 Å². The monoisotopic (exact) mass is 347 g/mol. The number of rotatable bonds is 7. The van der Waals surface area contributed by atoms with Crippen molar-refractivity contribution in [2.45, 2.75) is 32.2 Å². The summed E-state index contributed by atoms with van der Waals surface area (Å²) in [6.45, 7) is 7.10. The summed E-state index contributed by atoms with van der Waals surface area (Å²) >= 11 is 0. The van der Waals surface area contributed by atoms with Crippen LogP contribution in [0.5, 0.6) is 5.88 Å². The molecule has 2 rings (SSSR count). The molecule has 0 spiro atoms. The van der Waals surface area contributed by atoms with Crippen molar-refractivity contribution in [1.29, 1.82) is 0 Å². The first-order valence-corrected chi connectivity index (χ1v) is 7.66. The summed E-state index contributed by atoms with van der Waals surface area (Å²) in [6.07, 6.45) is 1.03. The first kappa shape index (κ1) is 19.7. The SMILES string of the molecule is COC(=O)C(c1cc(OCCN2CC[C@H](N)C2)no1)C(C)C.Cl. The van der Waals surface area contributed by atoms with E-state index in [9.17, 15) is 4.79 Å². The number of halogens is 1. The van der Waals surface area contributed by atoms with Gasteiger partial charge in [0, 0.05) is 25.2 Å². The Labute approximate surface area is 142 Å². The zero-order valence-corrected chi connectivity index (χ0v) is 14.7. The third kappa shape index (κ3) is 5.37. The lowest BCUT2D eigenvalue weighted by atomic mass is 9.93. The molecule has 7 nitrogen and oxygen atoms in total. The lowest BCUT2D eigenvalue weighted by Crippen LogP contribution is -2.29. The van der Waals surface area contributed by atoms with E-state index in [0.29, 0.717) is 18.2 Å². The van der Waals surface area contributed by atoms with Gasteiger partial charge in [-0.2, -0.15) is 0 Å². The second-order valence-electron chi connectivity index (χ2n) is 6.01. The average Bonchev–Trinajstić information content (AvgIpc) is 3.08. The fraction of sp³-hybridized carbons (Fsp3) is 0.733. The quantitative estimate of drug-likeness (QED) is 0.746. The normalized spacial score (nSPS) is 19.4. The Balaban J connectivity index is 0.00000264. The zero-order chi connectivity index (χ0) is 16.1. The Morgan fingerprint density at radius 1 is 1.57 bits per heavy atom. The number of ether oxygens (including phenoxy) is 2. The molecule has 0 amide bonds. The lowest BCUT2D eigenvalue weighted by molar-refractivity contribution is -0.144. The third-order valence-corrected chi connectivity index (χ3v) is 3.90. The number of aromatic nitrogens is 1. The maximum atomic E-state index is 11.8. The Morgan fingerprint density at radius 3 is 2.87 bits per heavy atom. The van der Waals surface area contributed by atoms with Crippen LogP contribution in [0.15, 0.2) is 10.6 Å². The Hall–Kier alpha value is -1.31. The van der Waals surface area contributed by atoms with Gasteiger partial charge < -0.3 is 19.7 Å². The minimum atomic E-state index is -0.466.